The molecular formula is C20H24N10O12P2S. The largest absolute Gasteiger partial charge is 0.472 e. The molecule has 7 heterocycles. The van der Waals surface area contributed by atoms with E-state index in [9.17, 15) is 29.4 Å². The lowest BCUT2D eigenvalue weighted by Crippen LogP contribution is -2.36. The van der Waals surface area contributed by atoms with E-state index < -0.39 is 82.4 Å². The molecule has 3 aliphatic rings. The van der Waals surface area contributed by atoms with Gasteiger partial charge >= 0.3 is 14.5 Å². The number of phosphoric ester groups is 1. The van der Waals surface area contributed by atoms with E-state index in [2.05, 4.69) is 29.9 Å². The number of nitrogens with two attached hydrogens (primary N) is 2. The number of nitrogen functional groups attached to an aromatic ring is 2. The molecule has 0 amide bonds. The highest BCUT2D eigenvalue weighted by atomic mass is 32.5. The van der Waals surface area contributed by atoms with E-state index in [1.807, 2.05) is 0 Å². The number of rotatable bonds is 2. The summed E-state index contributed by atoms with van der Waals surface area (Å²) in [6.07, 6.45) is -8.15. The van der Waals surface area contributed by atoms with Gasteiger partial charge in [0.1, 0.15) is 48.5 Å². The summed E-state index contributed by atoms with van der Waals surface area (Å²) < 4.78 is 49.2. The van der Waals surface area contributed by atoms with Crippen LogP contribution in [0, 0.1) is 0 Å². The maximum atomic E-state index is 13.2. The molecule has 7 rings (SSSR count). The van der Waals surface area contributed by atoms with Crippen molar-refractivity contribution in [1.82, 2.24) is 39.0 Å². The van der Waals surface area contributed by atoms with Crippen LogP contribution in [0.4, 0.5) is 11.8 Å². The Hall–Kier alpha value is -3.02. The van der Waals surface area contributed by atoms with E-state index in [0.29, 0.717) is 0 Å². The minimum atomic E-state index is -5.06. The monoisotopic (exact) mass is 690 g/mol. The molecule has 2 bridgehead atoms. The number of aliphatic hydroxyl groups is 2. The highest BCUT2D eigenvalue weighted by molar-refractivity contribution is 8.07. The van der Waals surface area contributed by atoms with Crippen LogP contribution in [0.2, 0.25) is 0 Å². The second-order valence-electron chi connectivity index (χ2n) is 10.1. The number of nitrogens with zero attached hydrogens (tertiary/aromatic N) is 7. The Morgan fingerprint density at radius 2 is 1.58 bits per heavy atom. The Morgan fingerprint density at radius 1 is 0.889 bits per heavy atom. The lowest BCUT2D eigenvalue weighted by molar-refractivity contribution is -0.0647. The van der Waals surface area contributed by atoms with Crippen molar-refractivity contribution in [2.24, 2.45) is 0 Å². The van der Waals surface area contributed by atoms with Crippen molar-refractivity contribution in [3.8, 4) is 0 Å². The Labute approximate surface area is 254 Å². The number of imidazole rings is 2. The van der Waals surface area contributed by atoms with Gasteiger partial charge in [0.05, 0.1) is 25.9 Å². The number of aromatic amines is 1. The fraction of sp³-hybridized carbons (Fsp3) is 0.500. The predicted octanol–water partition coefficient (Wildman–Crippen LogP) is -2.23. The fourth-order valence-corrected chi connectivity index (χ4v) is 7.67. The minimum Gasteiger partial charge on any atom is -0.387 e. The summed E-state index contributed by atoms with van der Waals surface area (Å²) in [5.74, 6) is -0.189. The predicted molar refractivity (Wildman–Crippen MR) is 150 cm³/mol. The maximum absolute atomic E-state index is 13.2. The topological polar surface area (TPSA) is 313 Å². The third-order valence-corrected chi connectivity index (χ3v) is 9.87. The Morgan fingerprint density at radius 3 is 2.36 bits per heavy atom. The van der Waals surface area contributed by atoms with E-state index >= 15 is 0 Å². The van der Waals surface area contributed by atoms with Crippen LogP contribution in [0.25, 0.3) is 22.3 Å². The van der Waals surface area contributed by atoms with Gasteiger partial charge in [0, 0.05) is 0 Å². The smallest absolute Gasteiger partial charge is 0.387 e. The van der Waals surface area contributed by atoms with Crippen LogP contribution in [0.15, 0.2) is 23.8 Å². The molecule has 25 heteroatoms. The van der Waals surface area contributed by atoms with Crippen molar-refractivity contribution in [3.63, 3.8) is 0 Å². The lowest BCUT2D eigenvalue weighted by atomic mass is 10.1. The molecule has 0 radical (unpaired) electrons. The number of nitrogens with one attached hydrogen (secondary N) is 1. The van der Waals surface area contributed by atoms with Gasteiger partial charge in [-0.2, -0.15) is 4.98 Å². The average molecular weight is 690 g/mol. The average Bonchev–Trinajstić information content (AvgIpc) is 3.72. The molecule has 0 aromatic carbocycles. The summed E-state index contributed by atoms with van der Waals surface area (Å²) in [5.41, 5.74) is 11.0. The number of hydrogen-bond acceptors (Lipinski definition) is 18. The van der Waals surface area contributed by atoms with Crippen molar-refractivity contribution in [1.29, 1.82) is 0 Å². The first kappa shape index (κ1) is 30.6. The first-order valence-electron chi connectivity index (χ1n) is 13.0. The highest BCUT2D eigenvalue weighted by Gasteiger charge is 2.53. The summed E-state index contributed by atoms with van der Waals surface area (Å²) in [6, 6.07) is 0. The molecule has 3 saturated heterocycles. The number of fused-ring (bicyclic) bond motifs is 5. The van der Waals surface area contributed by atoms with E-state index in [4.69, 9.17) is 50.8 Å². The summed E-state index contributed by atoms with van der Waals surface area (Å²) in [6.45, 7) is -5.58. The van der Waals surface area contributed by atoms with Gasteiger partial charge in [0.25, 0.3) is 5.56 Å². The second kappa shape index (κ2) is 11.1. The van der Waals surface area contributed by atoms with Crippen LogP contribution in [-0.4, -0.2) is 109 Å². The first-order valence-corrected chi connectivity index (χ1v) is 17.0. The molecule has 3 fully saturated rings. The molecule has 4 aromatic rings. The van der Waals surface area contributed by atoms with Gasteiger partial charge in [-0.15, -0.1) is 0 Å². The molecular weight excluding hydrogens is 666 g/mol. The van der Waals surface area contributed by atoms with Crippen molar-refractivity contribution < 1.29 is 52.1 Å². The molecule has 22 nitrogen and oxygen atoms in total. The molecule has 10 unspecified atom stereocenters. The van der Waals surface area contributed by atoms with Crippen LogP contribution in [0.1, 0.15) is 12.5 Å². The SMILES string of the molecule is Nc1nc2c(ncn2C2OC3COP(O)(=S)OC4C(COP(=O)(O)OC2C3O)OC(n2cnc3c(N)ncnc32)C4O)c(=O)[nH]1. The summed E-state index contributed by atoms with van der Waals surface area (Å²) in [7, 11) is -5.06. The third-order valence-electron chi connectivity index (χ3n) is 7.32. The van der Waals surface area contributed by atoms with E-state index in [1.165, 1.54) is 17.2 Å². The standard InChI is InChI=1S/C20H24N10O12P2S/c21-14-8-15(24-3-23-14)29(4-25-8)18-11(32)12-7(40-18)2-37-43(34,35)41-13-10(31)6(1-38-44(36,45)42-12)39-19(13)30-5-26-9-16(30)27-20(22)28-17(9)33/h3-7,10-13,18-19,31-32H,1-2H2,(H,34,35)(H,36,45)(H2,21,23,24)(H3,22,27,28,33). The molecule has 242 valence electrons. The molecule has 10 atom stereocenters. The highest BCUT2D eigenvalue weighted by Crippen LogP contribution is 2.53. The Kier molecular flexibility index (Phi) is 7.52. The van der Waals surface area contributed by atoms with E-state index in [-0.39, 0.29) is 34.1 Å². The summed E-state index contributed by atoms with van der Waals surface area (Å²) in [4.78, 5) is 56.4. The van der Waals surface area contributed by atoms with Crippen molar-refractivity contribution in [2.45, 2.75) is 49.1 Å². The zero-order valence-corrected chi connectivity index (χ0v) is 25.0. The molecule has 0 saturated carbocycles. The Balaban J connectivity index is 1.21. The molecule has 0 aliphatic carbocycles. The zero-order valence-electron chi connectivity index (χ0n) is 22.4. The number of ether oxygens (including phenoxy) is 2. The quantitative estimate of drug-likeness (QED) is 0.109. The number of phosphoric acid groups is 1. The summed E-state index contributed by atoms with van der Waals surface area (Å²) in [5, 5.41) is 22.3. The van der Waals surface area contributed by atoms with Crippen LogP contribution >= 0.6 is 14.5 Å². The minimum absolute atomic E-state index is 0.0677. The number of hydrogen-bond donors (Lipinski definition) is 7. The van der Waals surface area contributed by atoms with Gasteiger partial charge in [-0.1, -0.05) is 0 Å². The van der Waals surface area contributed by atoms with Crippen LogP contribution in [0.3, 0.4) is 0 Å². The van der Waals surface area contributed by atoms with Gasteiger partial charge in [0.15, 0.2) is 35.1 Å². The Bertz CT molecular complexity index is 1940. The molecule has 45 heavy (non-hydrogen) atoms. The molecule has 4 aromatic heterocycles. The van der Waals surface area contributed by atoms with Crippen LogP contribution in [0.5, 0.6) is 0 Å². The number of anilines is 2. The number of aliphatic hydroxyl groups excluding tert-OH is 2. The molecule has 3 aliphatic heterocycles. The van der Waals surface area contributed by atoms with Crippen molar-refractivity contribution >= 4 is 60.4 Å². The normalized spacial score (nSPS) is 37.7. The second-order valence-corrected chi connectivity index (χ2v) is 14.3. The maximum Gasteiger partial charge on any atom is 0.472 e. The van der Waals surface area contributed by atoms with Gasteiger partial charge < -0.3 is 45.5 Å². The number of H-pyrrole nitrogens is 1. The van der Waals surface area contributed by atoms with E-state index in [0.717, 1.165) is 10.9 Å². The number of aromatic nitrogens is 8. The third kappa shape index (κ3) is 5.44. The van der Waals surface area contributed by atoms with Gasteiger partial charge in [-0.3, -0.25) is 32.5 Å². The molecule has 9 N–H and O–H groups in total. The zero-order chi connectivity index (χ0) is 31.8. The summed E-state index contributed by atoms with van der Waals surface area (Å²) >= 11 is 5.18. The fourth-order valence-electron chi connectivity index (χ4n) is 5.30. The lowest BCUT2D eigenvalue weighted by Gasteiger charge is -2.27. The van der Waals surface area contributed by atoms with E-state index in [1.54, 1.807) is 0 Å². The molecule has 0 spiro atoms. The van der Waals surface area contributed by atoms with Gasteiger partial charge in [-0.05, 0) is 11.8 Å². The van der Waals surface area contributed by atoms with Gasteiger partial charge in [0.2, 0.25) is 5.95 Å². The van der Waals surface area contributed by atoms with Crippen LogP contribution in [-0.2, 0) is 43.9 Å². The van der Waals surface area contributed by atoms with Crippen molar-refractivity contribution in [2.75, 3.05) is 24.7 Å². The van der Waals surface area contributed by atoms with Crippen molar-refractivity contribution in [3.05, 3.63) is 29.3 Å². The van der Waals surface area contributed by atoms with Gasteiger partial charge in [-0.25, -0.2) is 24.5 Å². The van der Waals surface area contributed by atoms with Crippen LogP contribution < -0.4 is 17.0 Å². The first-order chi connectivity index (χ1) is 21.3.